The van der Waals surface area contributed by atoms with Crippen LogP contribution >= 0.6 is 0 Å². The number of piperidine rings is 2. The van der Waals surface area contributed by atoms with Crippen LogP contribution < -0.4 is 0 Å². The van der Waals surface area contributed by atoms with Crippen molar-refractivity contribution >= 4 is 5.78 Å². The van der Waals surface area contributed by atoms with E-state index in [1.165, 1.54) is 24.0 Å². The Labute approximate surface area is 99.6 Å². The zero-order valence-electron chi connectivity index (χ0n) is 11.3. The molecule has 0 radical (unpaired) electrons. The van der Waals surface area contributed by atoms with Crippen molar-refractivity contribution in [2.45, 2.75) is 47.0 Å². The van der Waals surface area contributed by atoms with E-state index in [2.05, 4.69) is 27.7 Å². The maximum Gasteiger partial charge on any atom is 0.144 e. The molecule has 2 aliphatic heterocycles. The average molecular weight is 224 g/mol. The van der Waals surface area contributed by atoms with E-state index in [0.29, 0.717) is 16.6 Å². The molecule has 0 atom stereocenters. The van der Waals surface area contributed by atoms with Crippen LogP contribution in [-0.4, -0.2) is 36.4 Å². The number of ketones is 1. The summed E-state index contributed by atoms with van der Waals surface area (Å²) in [5.41, 5.74) is 0.865. The molecular formula is C14H26NO+. The molecule has 0 amide bonds. The summed E-state index contributed by atoms with van der Waals surface area (Å²) in [5, 5.41) is 0. The first-order chi connectivity index (χ1) is 7.22. The molecule has 0 unspecified atom stereocenters. The van der Waals surface area contributed by atoms with Crippen molar-refractivity contribution in [3.05, 3.63) is 0 Å². The van der Waals surface area contributed by atoms with Crippen LogP contribution in [0.5, 0.6) is 0 Å². The Hall–Kier alpha value is -0.370. The highest BCUT2D eigenvalue weighted by molar-refractivity contribution is 5.79. The van der Waals surface area contributed by atoms with Crippen LogP contribution in [0.3, 0.4) is 0 Å². The van der Waals surface area contributed by atoms with Gasteiger partial charge in [-0.15, -0.1) is 0 Å². The Bertz CT molecular complexity index is 276. The number of rotatable bonds is 0. The number of hydrogen-bond donors (Lipinski definition) is 0. The molecule has 0 N–H and O–H groups in total. The first kappa shape index (κ1) is 12.1. The standard InChI is InChI=1S/C14H26NO/c1-13(2)9-14(3,4)11-15(10-13)7-5-12(16)6-8-15/h5-11H2,1-4H3/q+1. The third-order valence-electron chi connectivity index (χ3n) is 4.21. The molecule has 92 valence electrons. The second kappa shape index (κ2) is 3.56. The van der Waals surface area contributed by atoms with Gasteiger partial charge in [-0.05, 0) is 6.42 Å². The van der Waals surface area contributed by atoms with Crippen molar-refractivity contribution in [3.63, 3.8) is 0 Å². The molecule has 2 heterocycles. The third kappa shape index (κ3) is 2.48. The second-order valence-corrected chi connectivity index (χ2v) is 7.65. The highest BCUT2D eigenvalue weighted by atomic mass is 16.1. The Balaban J connectivity index is 2.18. The quantitative estimate of drug-likeness (QED) is 0.578. The lowest BCUT2D eigenvalue weighted by atomic mass is 9.69. The predicted molar refractivity (Wildman–Crippen MR) is 66.1 cm³/mol. The number of Topliss-reactive ketones (excluding diaryl/α,β-unsaturated/α-hetero) is 1. The zero-order valence-corrected chi connectivity index (χ0v) is 11.3. The van der Waals surface area contributed by atoms with Gasteiger partial charge in [0.15, 0.2) is 0 Å². The molecule has 2 saturated heterocycles. The molecule has 0 aromatic carbocycles. The maximum absolute atomic E-state index is 11.4. The summed E-state index contributed by atoms with van der Waals surface area (Å²) in [5.74, 6) is 0.477. The normalized spacial score (nSPS) is 31.6. The van der Waals surface area contributed by atoms with Crippen LogP contribution in [0, 0.1) is 10.8 Å². The van der Waals surface area contributed by atoms with E-state index in [9.17, 15) is 4.79 Å². The molecule has 16 heavy (non-hydrogen) atoms. The van der Waals surface area contributed by atoms with Crippen molar-refractivity contribution in [1.29, 1.82) is 0 Å². The summed E-state index contributed by atoms with van der Waals surface area (Å²) < 4.78 is 1.20. The molecule has 2 heteroatoms. The summed E-state index contributed by atoms with van der Waals surface area (Å²) in [6, 6.07) is 0. The van der Waals surface area contributed by atoms with Crippen LogP contribution in [0.1, 0.15) is 47.0 Å². The molecule has 0 aromatic heterocycles. The summed E-state index contributed by atoms with van der Waals surface area (Å²) in [6.07, 6.45) is 2.94. The number of quaternary nitrogens is 1. The Morgan fingerprint density at radius 1 is 0.938 bits per heavy atom. The zero-order chi connectivity index (χ0) is 12.0. The van der Waals surface area contributed by atoms with E-state index in [1.807, 2.05) is 0 Å². The molecular weight excluding hydrogens is 198 g/mol. The third-order valence-corrected chi connectivity index (χ3v) is 4.21. The van der Waals surface area contributed by atoms with E-state index >= 15 is 0 Å². The number of carbonyl (C=O) groups is 1. The fourth-order valence-corrected chi connectivity index (χ4v) is 4.56. The molecule has 1 spiro atoms. The van der Waals surface area contributed by atoms with E-state index in [4.69, 9.17) is 0 Å². The van der Waals surface area contributed by atoms with Gasteiger partial charge in [-0.2, -0.15) is 0 Å². The predicted octanol–water partition coefficient (Wildman–Crippen LogP) is 2.62. The number of nitrogens with zero attached hydrogens (tertiary/aromatic N) is 1. The van der Waals surface area contributed by atoms with Gasteiger partial charge in [0.05, 0.1) is 39.0 Å². The van der Waals surface area contributed by atoms with Crippen molar-refractivity contribution in [3.8, 4) is 0 Å². The summed E-state index contributed by atoms with van der Waals surface area (Å²) in [7, 11) is 0. The van der Waals surface area contributed by atoms with Crippen molar-refractivity contribution in [1.82, 2.24) is 0 Å². The largest absolute Gasteiger partial charge is 0.322 e. The van der Waals surface area contributed by atoms with Gasteiger partial charge in [-0.1, -0.05) is 27.7 Å². The molecule has 2 rings (SSSR count). The fourth-order valence-electron chi connectivity index (χ4n) is 4.56. The van der Waals surface area contributed by atoms with Gasteiger partial charge in [0, 0.05) is 10.8 Å². The summed E-state index contributed by atoms with van der Waals surface area (Å²) >= 11 is 0. The Morgan fingerprint density at radius 3 is 1.81 bits per heavy atom. The monoisotopic (exact) mass is 224 g/mol. The Morgan fingerprint density at radius 2 is 1.38 bits per heavy atom. The first-order valence-corrected chi connectivity index (χ1v) is 6.59. The van der Waals surface area contributed by atoms with Crippen molar-refractivity contribution in [2.24, 2.45) is 10.8 Å². The van der Waals surface area contributed by atoms with Gasteiger partial charge < -0.3 is 4.48 Å². The van der Waals surface area contributed by atoms with Gasteiger partial charge in [-0.25, -0.2) is 0 Å². The first-order valence-electron chi connectivity index (χ1n) is 6.59. The van der Waals surface area contributed by atoms with Gasteiger partial charge >= 0.3 is 0 Å². The van der Waals surface area contributed by atoms with Crippen LogP contribution in [0.4, 0.5) is 0 Å². The smallest absolute Gasteiger partial charge is 0.144 e. The molecule has 2 fully saturated rings. The van der Waals surface area contributed by atoms with Crippen LogP contribution in [0.15, 0.2) is 0 Å². The second-order valence-electron chi connectivity index (χ2n) is 7.65. The number of carbonyl (C=O) groups excluding carboxylic acids is 1. The summed E-state index contributed by atoms with van der Waals surface area (Å²) in [6.45, 7) is 14.3. The topological polar surface area (TPSA) is 17.1 Å². The van der Waals surface area contributed by atoms with Crippen LogP contribution in [-0.2, 0) is 4.79 Å². The maximum atomic E-state index is 11.4. The minimum Gasteiger partial charge on any atom is -0.322 e. The van der Waals surface area contributed by atoms with E-state index < -0.39 is 0 Å². The van der Waals surface area contributed by atoms with E-state index in [1.54, 1.807) is 0 Å². The van der Waals surface area contributed by atoms with E-state index in [-0.39, 0.29) is 0 Å². The van der Waals surface area contributed by atoms with Gasteiger partial charge in [0.2, 0.25) is 0 Å². The highest BCUT2D eigenvalue weighted by Crippen LogP contribution is 2.44. The van der Waals surface area contributed by atoms with Gasteiger partial charge in [0.25, 0.3) is 0 Å². The SMILES string of the molecule is CC1(C)CC(C)(C)C[N+]2(CCC(=O)CC2)C1. The van der Waals surface area contributed by atoms with Crippen molar-refractivity contribution < 1.29 is 9.28 Å². The molecule has 0 saturated carbocycles. The molecule has 0 aliphatic carbocycles. The number of hydrogen-bond acceptors (Lipinski definition) is 1. The van der Waals surface area contributed by atoms with Crippen LogP contribution in [0.25, 0.3) is 0 Å². The van der Waals surface area contributed by atoms with Gasteiger partial charge in [0.1, 0.15) is 5.78 Å². The fraction of sp³-hybridized carbons (Fsp3) is 0.929. The Kier molecular flexibility index (Phi) is 2.69. The molecule has 0 bridgehead atoms. The molecule has 0 aromatic rings. The van der Waals surface area contributed by atoms with Crippen LogP contribution in [0.2, 0.25) is 0 Å². The lowest BCUT2D eigenvalue weighted by Gasteiger charge is -2.54. The minimum atomic E-state index is 0.433. The summed E-state index contributed by atoms with van der Waals surface area (Å²) in [4.78, 5) is 11.4. The highest BCUT2D eigenvalue weighted by Gasteiger charge is 2.48. The molecule has 2 aliphatic rings. The van der Waals surface area contributed by atoms with Crippen molar-refractivity contribution in [2.75, 3.05) is 26.2 Å². The minimum absolute atomic E-state index is 0.433. The van der Waals surface area contributed by atoms with E-state index in [0.717, 1.165) is 25.9 Å². The lowest BCUT2D eigenvalue weighted by molar-refractivity contribution is -0.946. The average Bonchev–Trinajstić information content (AvgIpc) is 2.05. The van der Waals surface area contributed by atoms with Gasteiger partial charge in [-0.3, -0.25) is 4.79 Å². The lowest BCUT2D eigenvalue weighted by Crippen LogP contribution is -2.64. The molecule has 2 nitrogen and oxygen atoms in total.